The van der Waals surface area contributed by atoms with Crippen LogP contribution in [-0.4, -0.2) is 31.3 Å². The summed E-state index contributed by atoms with van der Waals surface area (Å²) in [5.41, 5.74) is 3.59. The summed E-state index contributed by atoms with van der Waals surface area (Å²) in [6, 6.07) is 4.16. The number of fused-ring (bicyclic) bond motifs is 1. The molecule has 1 N–H and O–H groups in total. The maximum absolute atomic E-state index is 12.2. The van der Waals surface area contributed by atoms with E-state index in [1.54, 1.807) is 0 Å². The second kappa shape index (κ2) is 6.06. The van der Waals surface area contributed by atoms with Gasteiger partial charge in [0.15, 0.2) is 6.10 Å². The Morgan fingerprint density at radius 1 is 1.33 bits per heavy atom. The largest absolute Gasteiger partial charge is 0.480 e. The van der Waals surface area contributed by atoms with Crippen molar-refractivity contribution in [1.82, 2.24) is 5.32 Å². The number of ether oxygens (including phenoxy) is 2. The molecule has 114 valence electrons. The number of carbonyl (C=O) groups is 1. The van der Waals surface area contributed by atoms with Gasteiger partial charge in [-0.2, -0.15) is 0 Å². The van der Waals surface area contributed by atoms with Crippen molar-refractivity contribution in [2.75, 3.05) is 13.2 Å². The Morgan fingerprint density at radius 2 is 2.14 bits per heavy atom. The van der Waals surface area contributed by atoms with Crippen molar-refractivity contribution >= 4 is 5.91 Å². The molecule has 1 saturated heterocycles. The lowest BCUT2D eigenvalue weighted by Crippen LogP contribution is -2.38. The maximum atomic E-state index is 12.2. The quantitative estimate of drug-likeness (QED) is 0.925. The van der Waals surface area contributed by atoms with E-state index in [9.17, 15) is 4.79 Å². The Kier molecular flexibility index (Phi) is 4.15. The van der Waals surface area contributed by atoms with Gasteiger partial charge in [-0.3, -0.25) is 4.79 Å². The van der Waals surface area contributed by atoms with Gasteiger partial charge < -0.3 is 14.8 Å². The third kappa shape index (κ3) is 3.21. The Morgan fingerprint density at radius 3 is 2.90 bits per heavy atom. The molecule has 2 aliphatic rings. The SMILES string of the molecule is Cc1cc2c(cc1C)OC(C(=O)NCCC1CCCO1)C2. The molecule has 1 aromatic rings. The van der Waals surface area contributed by atoms with E-state index in [4.69, 9.17) is 9.47 Å². The summed E-state index contributed by atoms with van der Waals surface area (Å²) in [7, 11) is 0. The van der Waals surface area contributed by atoms with Crippen molar-refractivity contribution in [3.05, 3.63) is 28.8 Å². The lowest BCUT2D eigenvalue weighted by Gasteiger charge is -2.13. The molecule has 0 aliphatic carbocycles. The van der Waals surface area contributed by atoms with Gasteiger partial charge in [-0.05, 0) is 55.9 Å². The molecular formula is C17H23NO3. The number of amides is 1. The van der Waals surface area contributed by atoms with Gasteiger partial charge in [0.25, 0.3) is 5.91 Å². The molecule has 3 rings (SSSR count). The summed E-state index contributed by atoms with van der Waals surface area (Å²) in [5, 5.41) is 2.97. The zero-order valence-corrected chi connectivity index (χ0v) is 12.8. The third-order valence-electron chi connectivity index (χ3n) is 4.43. The van der Waals surface area contributed by atoms with Crippen LogP contribution in [0.1, 0.15) is 36.0 Å². The summed E-state index contributed by atoms with van der Waals surface area (Å²) >= 11 is 0. The molecule has 1 aromatic carbocycles. The van der Waals surface area contributed by atoms with Gasteiger partial charge in [-0.1, -0.05) is 6.07 Å². The minimum atomic E-state index is -0.384. The first-order valence-corrected chi connectivity index (χ1v) is 7.79. The number of hydrogen-bond acceptors (Lipinski definition) is 3. The van der Waals surface area contributed by atoms with Crippen molar-refractivity contribution in [3.8, 4) is 5.75 Å². The van der Waals surface area contributed by atoms with Crippen LogP contribution in [0.5, 0.6) is 5.75 Å². The second-order valence-electron chi connectivity index (χ2n) is 6.07. The van der Waals surface area contributed by atoms with Crippen molar-refractivity contribution < 1.29 is 14.3 Å². The predicted octanol–water partition coefficient (Wildman–Crippen LogP) is 2.29. The highest BCUT2D eigenvalue weighted by molar-refractivity contribution is 5.82. The molecule has 4 heteroatoms. The van der Waals surface area contributed by atoms with Crippen molar-refractivity contribution in [2.45, 2.75) is 51.7 Å². The lowest BCUT2D eigenvalue weighted by molar-refractivity contribution is -0.127. The Hall–Kier alpha value is -1.55. The van der Waals surface area contributed by atoms with E-state index in [-0.39, 0.29) is 12.0 Å². The van der Waals surface area contributed by atoms with E-state index in [1.807, 2.05) is 6.07 Å². The van der Waals surface area contributed by atoms with Gasteiger partial charge in [0.2, 0.25) is 0 Å². The van der Waals surface area contributed by atoms with Gasteiger partial charge in [-0.25, -0.2) is 0 Å². The predicted molar refractivity (Wildman–Crippen MR) is 80.6 cm³/mol. The smallest absolute Gasteiger partial charge is 0.261 e. The van der Waals surface area contributed by atoms with Crippen LogP contribution >= 0.6 is 0 Å². The lowest BCUT2D eigenvalue weighted by atomic mass is 10.0. The molecule has 2 unspecified atom stereocenters. The normalized spacial score (nSPS) is 23.7. The molecule has 2 aliphatic heterocycles. The topological polar surface area (TPSA) is 47.6 Å². The minimum Gasteiger partial charge on any atom is -0.480 e. The van der Waals surface area contributed by atoms with E-state index >= 15 is 0 Å². The summed E-state index contributed by atoms with van der Waals surface area (Å²) in [4.78, 5) is 12.2. The number of hydrogen-bond donors (Lipinski definition) is 1. The highest BCUT2D eigenvalue weighted by Crippen LogP contribution is 2.31. The molecule has 2 heterocycles. The number of nitrogens with one attached hydrogen (secondary N) is 1. The monoisotopic (exact) mass is 289 g/mol. The molecule has 0 radical (unpaired) electrons. The first-order chi connectivity index (χ1) is 10.1. The zero-order chi connectivity index (χ0) is 14.8. The summed E-state index contributed by atoms with van der Waals surface area (Å²) in [6.07, 6.45) is 3.74. The fourth-order valence-electron chi connectivity index (χ4n) is 3.00. The number of rotatable bonds is 4. The molecule has 2 atom stereocenters. The number of benzene rings is 1. The fraction of sp³-hybridized carbons (Fsp3) is 0.588. The van der Waals surface area contributed by atoms with Crippen LogP contribution in [0.2, 0.25) is 0 Å². The fourth-order valence-corrected chi connectivity index (χ4v) is 3.00. The first kappa shape index (κ1) is 14.4. The summed E-state index contributed by atoms with van der Waals surface area (Å²) in [6.45, 7) is 5.68. The minimum absolute atomic E-state index is 0.0143. The average Bonchev–Trinajstić information content (AvgIpc) is 3.08. The van der Waals surface area contributed by atoms with Crippen molar-refractivity contribution in [2.24, 2.45) is 0 Å². The van der Waals surface area contributed by atoms with Gasteiger partial charge in [0.05, 0.1) is 6.10 Å². The molecule has 21 heavy (non-hydrogen) atoms. The van der Waals surface area contributed by atoms with E-state index in [2.05, 4.69) is 25.2 Å². The summed E-state index contributed by atoms with van der Waals surface area (Å²) in [5.74, 6) is 0.844. The standard InChI is InChI=1S/C17H23NO3/c1-11-8-13-10-16(21-15(13)9-12(11)2)17(19)18-6-5-14-4-3-7-20-14/h8-9,14,16H,3-7,10H2,1-2H3,(H,18,19). The highest BCUT2D eigenvalue weighted by Gasteiger charge is 2.29. The van der Waals surface area contributed by atoms with E-state index < -0.39 is 0 Å². The number of carbonyl (C=O) groups excluding carboxylic acids is 1. The van der Waals surface area contributed by atoms with E-state index in [1.165, 1.54) is 11.1 Å². The van der Waals surface area contributed by atoms with Crippen LogP contribution in [-0.2, 0) is 16.0 Å². The zero-order valence-electron chi connectivity index (χ0n) is 12.8. The molecular weight excluding hydrogens is 266 g/mol. The van der Waals surface area contributed by atoms with Gasteiger partial charge in [-0.15, -0.1) is 0 Å². The first-order valence-electron chi connectivity index (χ1n) is 7.79. The third-order valence-corrected chi connectivity index (χ3v) is 4.43. The Labute approximate surface area is 125 Å². The number of aryl methyl sites for hydroxylation is 2. The Bertz CT molecular complexity index is 504. The van der Waals surface area contributed by atoms with Gasteiger partial charge in [0, 0.05) is 19.6 Å². The summed E-state index contributed by atoms with van der Waals surface area (Å²) < 4.78 is 11.3. The van der Waals surface area contributed by atoms with Gasteiger partial charge in [0.1, 0.15) is 5.75 Å². The van der Waals surface area contributed by atoms with Crippen LogP contribution in [0, 0.1) is 13.8 Å². The van der Waals surface area contributed by atoms with Crippen LogP contribution in [0.25, 0.3) is 0 Å². The van der Waals surface area contributed by atoms with Crippen molar-refractivity contribution in [3.63, 3.8) is 0 Å². The van der Waals surface area contributed by atoms with Crippen LogP contribution < -0.4 is 10.1 Å². The van der Waals surface area contributed by atoms with E-state index in [0.717, 1.165) is 37.2 Å². The Balaban J connectivity index is 1.50. The molecule has 0 spiro atoms. The van der Waals surface area contributed by atoms with Crippen LogP contribution in [0.4, 0.5) is 0 Å². The molecule has 4 nitrogen and oxygen atoms in total. The molecule has 0 bridgehead atoms. The molecule has 0 aromatic heterocycles. The molecule has 1 fully saturated rings. The second-order valence-corrected chi connectivity index (χ2v) is 6.07. The van der Waals surface area contributed by atoms with Gasteiger partial charge >= 0.3 is 0 Å². The maximum Gasteiger partial charge on any atom is 0.261 e. The van der Waals surface area contributed by atoms with Crippen LogP contribution in [0.3, 0.4) is 0 Å². The molecule has 0 saturated carbocycles. The average molecular weight is 289 g/mol. The highest BCUT2D eigenvalue weighted by atomic mass is 16.5. The van der Waals surface area contributed by atoms with Crippen molar-refractivity contribution in [1.29, 1.82) is 0 Å². The van der Waals surface area contributed by atoms with E-state index in [0.29, 0.717) is 19.1 Å². The van der Waals surface area contributed by atoms with Crippen LogP contribution in [0.15, 0.2) is 12.1 Å². The molecule has 1 amide bonds.